The number of nitrogens with zero attached hydrogens (tertiary/aromatic N) is 2. The fourth-order valence-electron chi connectivity index (χ4n) is 1.08. The van der Waals surface area contributed by atoms with Crippen LogP contribution in [0.4, 0.5) is 4.79 Å². The number of carbonyl (C=O) groups excluding carboxylic acids is 1. The van der Waals surface area contributed by atoms with Gasteiger partial charge in [-0.15, -0.1) is 0 Å². The summed E-state index contributed by atoms with van der Waals surface area (Å²) < 4.78 is 0. The molecule has 1 N–H and O–H groups in total. The summed E-state index contributed by atoms with van der Waals surface area (Å²) in [5.41, 5.74) is 1.35. The van der Waals surface area contributed by atoms with Gasteiger partial charge in [0.2, 0.25) is 0 Å². The molecule has 54 valence electrons. The molecule has 0 saturated heterocycles. The molecule has 1 aliphatic carbocycles. The molecule has 2 amide bonds. The summed E-state index contributed by atoms with van der Waals surface area (Å²) in [7, 11) is 0. The van der Waals surface area contributed by atoms with Crippen molar-refractivity contribution in [2.75, 3.05) is 0 Å². The molecule has 2 rings (SSSR count). The third kappa shape index (κ3) is 0.832. The number of rotatable bonds is 0. The molecule has 4 nitrogen and oxygen atoms in total. The Bertz CT molecular complexity index is 336. The molecule has 0 atom stereocenters. The smallest absolute Gasteiger partial charge is 0.299 e. The van der Waals surface area contributed by atoms with E-state index in [1.165, 1.54) is 0 Å². The van der Waals surface area contributed by atoms with Gasteiger partial charge in [0.25, 0.3) is 0 Å². The van der Waals surface area contributed by atoms with Gasteiger partial charge in [0.1, 0.15) is 5.71 Å². The second-order valence-electron chi connectivity index (χ2n) is 2.32. The van der Waals surface area contributed by atoms with E-state index in [0.717, 1.165) is 0 Å². The summed E-state index contributed by atoms with van der Waals surface area (Å²) in [6, 6.07) is -0.483. The van der Waals surface area contributed by atoms with Crippen molar-refractivity contribution in [3.05, 3.63) is 12.2 Å². The summed E-state index contributed by atoms with van der Waals surface area (Å²) in [6.45, 7) is 0. The number of carbonyl (C=O) groups is 1. The molecule has 11 heavy (non-hydrogen) atoms. The molecule has 0 unspecified atom stereocenters. The van der Waals surface area contributed by atoms with Gasteiger partial charge in [-0.1, -0.05) is 6.08 Å². The van der Waals surface area contributed by atoms with Gasteiger partial charge in [-0.25, -0.2) is 4.79 Å². The quantitative estimate of drug-likeness (QED) is 0.545. The zero-order chi connectivity index (χ0) is 7.84. The highest BCUT2D eigenvalue weighted by Crippen LogP contribution is 2.09. The molecule has 0 radical (unpaired) electrons. The molecule has 0 saturated carbocycles. The third-order valence-corrected chi connectivity index (χ3v) is 1.56. The maximum absolute atomic E-state index is 10.7. The van der Waals surface area contributed by atoms with E-state index in [0.29, 0.717) is 17.8 Å². The number of nitrogens with one attached hydrogen (secondary N) is 1. The van der Waals surface area contributed by atoms with Crippen LogP contribution in [0, 0.1) is 5.41 Å². The third-order valence-electron chi connectivity index (χ3n) is 1.56. The molecule has 2 aliphatic rings. The van der Waals surface area contributed by atoms with E-state index < -0.39 is 6.03 Å². The average Bonchev–Trinajstić information content (AvgIpc) is 2.31. The van der Waals surface area contributed by atoms with Crippen LogP contribution in [0.25, 0.3) is 0 Å². The molecule has 4 heteroatoms. The van der Waals surface area contributed by atoms with Crippen LogP contribution in [-0.4, -0.2) is 23.2 Å². The molecule has 0 fully saturated rings. The summed E-state index contributed by atoms with van der Waals surface area (Å²) in [5.74, 6) is 0. The van der Waals surface area contributed by atoms with Crippen LogP contribution < -0.4 is 0 Å². The van der Waals surface area contributed by atoms with Crippen LogP contribution in [0.5, 0.6) is 0 Å². The maximum Gasteiger partial charge on any atom is 0.368 e. The average molecular weight is 147 g/mol. The molecule has 0 aromatic heterocycles. The zero-order valence-electron chi connectivity index (χ0n) is 5.66. The van der Waals surface area contributed by atoms with E-state index in [9.17, 15) is 4.79 Å². The lowest BCUT2D eigenvalue weighted by atomic mass is 10.0. The van der Waals surface area contributed by atoms with Crippen molar-refractivity contribution in [2.45, 2.75) is 6.42 Å². The molecule has 1 aliphatic heterocycles. The predicted molar refractivity (Wildman–Crippen MR) is 41.7 cm³/mol. The Labute approximate surface area is 62.9 Å². The first-order valence-electron chi connectivity index (χ1n) is 3.23. The van der Waals surface area contributed by atoms with Crippen LogP contribution in [-0.2, 0) is 0 Å². The monoisotopic (exact) mass is 147 g/mol. The number of hydrogen-bond acceptors (Lipinski definition) is 2. The number of aliphatic imine (C=N–C) groups is 2. The van der Waals surface area contributed by atoms with Crippen molar-refractivity contribution >= 4 is 23.2 Å². The van der Waals surface area contributed by atoms with Crippen LogP contribution in [0.1, 0.15) is 6.42 Å². The lowest BCUT2D eigenvalue weighted by Gasteiger charge is -2.04. The molecule has 0 aromatic rings. The van der Waals surface area contributed by atoms with Gasteiger partial charge in [-0.05, 0) is 6.08 Å². The molecular weight excluding hydrogens is 142 g/mol. The molecular formula is C7H5N3O. The molecule has 0 aromatic carbocycles. The van der Waals surface area contributed by atoms with Gasteiger partial charge < -0.3 is 0 Å². The van der Waals surface area contributed by atoms with E-state index in [4.69, 9.17) is 5.41 Å². The largest absolute Gasteiger partial charge is 0.368 e. The van der Waals surface area contributed by atoms with E-state index in [1.54, 1.807) is 12.2 Å². The normalized spacial score (nSPS) is 21.5. The highest BCUT2D eigenvalue weighted by Gasteiger charge is 2.22. The van der Waals surface area contributed by atoms with Crippen molar-refractivity contribution in [1.29, 1.82) is 5.41 Å². The lowest BCUT2D eigenvalue weighted by molar-refractivity contribution is 0.257. The van der Waals surface area contributed by atoms with Crippen molar-refractivity contribution in [1.82, 2.24) is 0 Å². The van der Waals surface area contributed by atoms with Crippen LogP contribution >= 0.6 is 0 Å². The van der Waals surface area contributed by atoms with Crippen LogP contribution in [0.15, 0.2) is 22.1 Å². The van der Waals surface area contributed by atoms with Crippen molar-refractivity contribution in [3.63, 3.8) is 0 Å². The minimum absolute atomic E-state index is 0.279. The van der Waals surface area contributed by atoms with E-state index in [1.807, 2.05) is 0 Å². The predicted octanol–water partition coefficient (Wildman–Crippen LogP) is 0.982. The van der Waals surface area contributed by atoms with Gasteiger partial charge in [0, 0.05) is 6.42 Å². The second-order valence-corrected chi connectivity index (χ2v) is 2.32. The Balaban J connectivity index is 2.53. The van der Waals surface area contributed by atoms with E-state index in [-0.39, 0.29) is 5.71 Å². The zero-order valence-corrected chi connectivity index (χ0v) is 5.66. The minimum Gasteiger partial charge on any atom is -0.299 e. The lowest BCUT2D eigenvalue weighted by Crippen LogP contribution is -2.22. The van der Waals surface area contributed by atoms with E-state index >= 15 is 0 Å². The number of fused-ring (bicyclic) bond motifs is 1. The van der Waals surface area contributed by atoms with Gasteiger partial charge in [-0.2, -0.15) is 9.98 Å². The van der Waals surface area contributed by atoms with Crippen LogP contribution in [0.2, 0.25) is 0 Å². The topological polar surface area (TPSA) is 65.6 Å². The van der Waals surface area contributed by atoms with Gasteiger partial charge >= 0.3 is 6.03 Å². The molecule has 0 bridgehead atoms. The Morgan fingerprint density at radius 2 is 2.27 bits per heavy atom. The van der Waals surface area contributed by atoms with Gasteiger partial charge in [0.05, 0.1) is 11.4 Å². The Hall–Kier alpha value is -1.58. The number of amides is 2. The van der Waals surface area contributed by atoms with Gasteiger partial charge in [-0.3, -0.25) is 5.41 Å². The standard InChI is InChI=1S/C7H5N3O/c8-4-2-1-3-5-6(4)10-7(11)9-5/h1-2,8H,3H2. The highest BCUT2D eigenvalue weighted by molar-refractivity contribution is 6.73. The number of urea groups is 1. The Morgan fingerprint density at radius 3 is 3.00 bits per heavy atom. The second kappa shape index (κ2) is 1.95. The van der Waals surface area contributed by atoms with Gasteiger partial charge in [0.15, 0.2) is 0 Å². The molecule has 0 spiro atoms. The maximum atomic E-state index is 10.7. The van der Waals surface area contributed by atoms with Crippen LogP contribution in [0.3, 0.4) is 0 Å². The first-order valence-corrected chi connectivity index (χ1v) is 3.23. The summed E-state index contributed by atoms with van der Waals surface area (Å²) >= 11 is 0. The SMILES string of the molecule is N=C1C=CCC2=NC(=O)N=C12. The summed E-state index contributed by atoms with van der Waals surface area (Å²) in [5, 5.41) is 7.36. The summed E-state index contributed by atoms with van der Waals surface area (Å²) in [4.78, 5) is 17.9. The first-order chi connectivity index (χ1) is 5.27. The first kappa shape index (κ1) is 6.15. The minimum atomic E-state index is -0.483. The Kier molecular flexibility index (Phi) is 1.09. The number of allylic oxidation sites excluding steroid dienone is 2. The van der Waals surface area contributed by atoms with Crippen molar-refractivity contribution < 1.29 is 4.79 Å². The van der Waals surface area contributed by atoms with E-state index in [2.05, 4.69) is 9.98 Å². The number of hydrogen-bond donors (Lipinski definition) is 1. The Morgan fingerprint density at radius 1 is 1.45 bits per heavy atom. The van der Waals surface area contributed by atoms with Crippen molar-refractivity contribution in [2.24, 2.45) is 9.98 Å². The fourth-order valence-corrected chi connectivity index (χ4v) is 1.08. The highest BCUT2D eigenvalue weighted by atomic mass is 16.2. The van der Waals surface area contributed by atoms with Crippen molar-refractivity contribution in [3.8, 4) is 0 Å². The summed E-state index contributed by atoms with van der Waals surface area (Å²) in [6.07, 6.45) is 4.06. The molecule has 1 heterocycles. The fraction of sp³-hybridized carbons (Fsp3) is 0.143.